The molecule has 9 heteroatoms. The van der Waals surface area contributed by atoms with Crippen molar-refractivity contribution in [3.05, 3.63) is 35.7 Å². The molecule has 108 valence electrons. The SMILES string of the molecule is CC(N)(c1nc(-c2cc(F)cc(F)c2)no1)C(F)(F)F. The van der Waals surface area contributed by atoms with Crippen LogP contribution in [-0.2, 0) is 5.54 Å². The van der Waals surface area contributed by atoms with Crippen molar-refractivity contribution in [2.75, 3.05) is 0 Å². The van der Waals surface area contributed by atoms with Crippen LogP contribution in [0.4, 0.5) is 22.0 Å². The Bertz CT molecular complexity index is 615. The van der Waals surface area contributed by atoms with E-state index in [1.807, 2.05) is 0 Å². The van der Waals surface area contributed by atoms with E-state index in [0.29, 0.717) is 13.0 Å². The van der Waals surface area contributed by atoms with E-state index in [1.54, 1.807) is 0 Å². The topological polar surface area (TPSA) is 64.9 Å². The smallest absolute Gasteiger partial charge is 0.337 e. The van der Waals surface area contributed by atoms with Gasteiger partial charge in [-0.3, -0.25) is 0 Å². The van der Waals surface area contributed by atoms with Gasteiger partial charge < -0.3 is 10.3 Å². The maximum Gasteiger partial charge on any atom is 0.415 e. The molecule has 1 unspecified atom stereocenters. The lowest BCUT2D eigenvalue weighted by Crippen LogP contribution is -2.47. The number of nitrogens with two attached hydrogens (primary N) is 1. The van der Waals surface area contributed by atoms with E-state index in [-0.39, 0.29) is 11.4 Å². The first-order chi connectivity index (χ1) is 9.11. The van der Waals surface area contributed by atoms with E-state index in [9.17, 15) is 22.0 Å². The summed E-state index contributed by atoms with van der Waals surface area (Å²) in [5, 5.41) is 3.25. The summed E-state index contributed by atoms with van der Waals surface area (Å²) >= 11 is 0. The van der Waals surface area contributed by atoms with Gasteiger partial charge in [0.2, 0.25) is 5.82 Å². The van der Waals surface area contributed by atoms with Gasteiger partial charge in [-0.25, -0.2) is 8.78 Å². The highest BCUT2D eigenvalue weighted by Crippen LogP contribution is 2.36. The van der Waals surface area contributed by atoms with E-state index >= 15 is 0 Å². The highest BCUT2D eigenvalue weighted by molar-refractivity contribution is 5.54. The summed E-state index contributed by atoms with van der Waals surface area (Å²) in [5.41, 5.74) is 2.08. The van der Waals surface area contributed by atoms with Gasteiger partial charge in [0.15, 0.2) is 5.54 Å². The van der Waals surface area contributed by atoms with Crippen molar-refractivity contribution in [2.24, 2.45) is 5.73 Å². The predicted molar refractivity (Wildman–Crippen MR) is 57.2 cm³/mol. The molecule has 0 saturated heterocycles. The molecule has 0 saturated carbocycles. The highest BCUT2D eigenvalue weighted by atomic mass is 19.4. The van der Waals surface area contributed by atoms with Crippen LogP contribution in [0.1, 0.15) is 12.8 Å². The van der Waals surface area contributed by atoms with Crippen LogP contribution in [0.5, 0.6) is 0 Å². The number of benzene rings is 1. The average molecular weight is 293 g/mol. The lowest BCUT2D eigenvalue weighted by atomic mass is 10.0. The Hall–Kier alpha value is -2.03. The van der Waals surface area contributed by atoms with Gasteiger partial charge in [-0.05, 0) is 19.1 Å². The lowest BCUT2D eigenvalue weighted by Gasteiger charge is -2.22. The van der Waals surface area contributed by atoms with Crippen molar-refractivity contribution in [1.82, 2.24) is 10.1 Å². The van der Waals surface area contributed by atoms with Crippen molar-refractivity contribution in [3.8, 4) is 11.4 Å². The molecule has 1 heterocycles. The molecule has 0 aliphatic heterocycles. The highest BCUT2D eigenvalue weighted by Gasteiger charge is 2.53. The second kappa shape index (κ2) is 4.51. The minimum atomic E-state index is -4.82. The largest absolute Gasteiger partial charge is 0.415 e. The van der Waals surface area contributed by atoms with Crippen molar-refractivity contribution in [3.63, 3.8) is 0 Å². The molecule has 1 aromatic carbocycles. The second-order valence-corrected chi connectivity index (χ2v) is 4.28. The van der Waals surface area contributed by atoms with Gasteiger partial charge in [0.05, 0.1) is 0 Å². The molecule has 0 radical (unpaired) electrons. The fourth-order valence-corrected chi connectivity index (χ4v) is 1.36. The molecule has 0 bridgehead atoms. The van der Waals surface area contributed by atoms with Crippen molar-refractivity contribution < 1.29 is 26.5 Å². The van der Waals surface area contributed by atoms with Crippen LogP contribution in [0.3, 0.4) is 0 Å². The summed E-state index contributed by atoms with van der Waals surface area (Å²) < 4.78 is 68.5. The standard InChI is InChI=1S/C11H8F5N3O/c1-10(17,11(14,15)16)9-18-8(19-20-9)5-2-6(12)4-7(13)3-5/h2-4H,17H2,1H3. The Morgan fingerprint density at radius 3 is 2.15 bits per heavy atom. The molecule has 20 heavy (non-hydrogen) atoms. The van der Waals surface area contributed by atoms with Crippen molar-refractivity contribution in [2.45, 2.75) is 18.6 Å². The molecular weight excluding hydrogens is 285 g/mol. The fraction of sp³-hybridized carbons (Fsp3) is 0.273. The molecule has 2 aromatic rings. The third kappa shape index (κ3) is 2.48. The van der Waals surface area contributed by atoms with Gasteiger partial charge in [-0.2, -0.15) is 18.2 Å². The van der Waals surface area contributed by atoms with Crippen LogP contribution in [0.2, 0.25) is 0 Å². The second-order valence-electron chi connectivity index (χ2n) is 4.28. The van der Waals surface area contributed by atoms with Gasteiger partial charge >= 0.3 is 6.18 Å². The van der Waals surface area contributed by atoms with Crippen LogP contribution in [0.15, 0.2) is 22.7 Å². The number of rotatable bonds is 2. The van der Waals surface area contributed by atoms with Gasteiger partial charge in [0.25, 0.3) is 5.89 Å². The molecule has 0 aliphatic rings. The van der Waals surface area contributed by atoms with E-state index in [1.165, 1.54) is 0 Å². The van der Waals surface area contributed by atoms with E-state index in [0.717, 1.165) is 12.1 Å². The summed E-state index contributed by atoms with van der Waals surface area (Å²) in [7, 11) is 0. The van der Waals surface area contributed by atoms with Gasteiger partial charge in [0.1, 0.15) is 11.6 Å². The third-order valence-electron chi connectivity index (χ3n) is 2.58. The van der Waals surface area contributed by atoms with Crippen LogP contribution < -0.4 is 5.73 Å². The van der Waals surface area contributed by atoms with Crippen molar-refractivity contribution >= 4 is 0 Å². The summed E-state index contributed by atoms with van der Waals surface area (Å²) in [5.74, 6) is -3.13. The molecule has 0 amide bonds. The Labute approximate surface area is 109 Å². The zero-order chi connectivity index (χ0) is 15.1. The monoisotopic (exact) mass is 293 g/mol. The van der Waals surface area contributed by atoms with Gasteiger partial charge in [-0.1, -0.05) is 5.16 Å². The molecule has 1 aromatic heterocycles. The fourth-order valence-electron chi connectivity index (χ4n) is 1.36. The summed E-state index contributed by atoms with van der Waals surface area (Å²) in [6, 6.07) is 2.32. The molecular formula is C11H8F5N3O. The minimum Gasteiger partial charge on any atom is -0.337 e. The molecule has 0 fully saturated rings. The van der Waals surface area contributed by atoms with Crippen LogP contribution in [0, 0.1) is 11.6 Å². The molecule has 0 spiro atoms. The predicted octanol–water partition coefficient (Wildman–Crippen LogP) is 2.75. The Morgan fingerprint density at radius 2 is 1.65 bits per heavy atom. The Balaban J connectivity index is 2.43. The summed E-state index contributed by atoms with van der Waals surface area (Å²) in [6.07, 6.45) is -4.82. The minimum absolute atomic E-state index is 0.157. The zero-order valence-corrected chi connectivity index (χ0v) is 10.0. The van der Waals surface area contributed by atoms with E-state index < -0.39 is 29.2 Å². The normalized spacial score (nSPS) is 15.2. The maximum absolute atomic E-state index is 13.0. The number of halogens is 5. The van der Waals surface area contributed by atoms with Gasteiger partial charge in [0, 0.05) is 11.6 Å². The van der Waals surface area contributed by atoms with Crippen LogP contribution in [-0.4, -0.2) is 16.3 Å². The molecule has 0 aliphatic carbocycles. The quantitative estimate of drug-likeness (QED) is 0.865. The third-order valence-corrected chi connectivity index (χ3v) is 2.58. The number of hydrogen-bond donors (Lipinski definition) is 1. The zero-order valence-electron chi connectivity index (χ0n) is 10.0. The maximum atomic E-state index is 13.0. The Kier molecular flexibility index (Phi) is 3.24. The average Bonchev–Trinajstić information content (AvgIpc) is 2.75. The lowest BCUT2D eigenvalue weighted by molar-refractivity contribution is -0.190. The Morgan fingerprint density at radius 1 is 1.10 bits per heavy atom. The van der Waals surface area contributed by atoms with Crippen LogP contribution >= 0.6 is 0 Å². The molecule has 2 rings (SSSR count). The van der Waals surface area contributed by atoms with Crippen LogP contribution in [0.25, 0.3) is 11.4 Å². The van der Waals surface area contributed by atoms with Gasteiger partial charge in [-0.15, -0.1) is 0 Å². The van der Waals surface area contributed by atoms with E-state index in [4.69, 9.17) is 5.73 Å². The first kappa shape index (κ1) is 14.4. The number of alkyl halides is 3. The number of nitrogens with zero attached hydrogens (tertiary/aromatic N) is 2. The molecule has 2 N–H and O–H groups in total. The molecule has 4 nitrogen and oxygen atoms in total. The first-order valence-electron chi connectivity index (χ1n) is 5.27. The summed E-state index contributed by atoms with van der Waals surface area (Å²) in [6.45, 7) is 0.649. The number of hydrogen-bond acceptors (Lipinski definition) is 4. The first-order valence-corrected chi connectivity index (χ1v) is 5.27. The summed E-state index contributed by atoms with van der Waals surface area (Å²) in [4.78, 5) is 3.44. The van der Waals surface area contributed by atoms with E-state index in [2.05, 4.69) is 14.7 Å². The van der Waals surface area contributed by atoms with Crippen molar-refractivity contribution in [1.29, 1.82) is 0 Å². The molecule has 1 atom stereocenters. The number of aromatic nitrogens is 2.